The van der Waals surface area contributed by atoms with Gasteiger partial charge < -0.3 is 26.6 Å². The third-order valence-corrected chi connectivity index (χ3v) is 4.05. The molecule has 0 saturated heterocycles. The SMILES string of the molecule is CC(=O)Nc1nc(-c2ccc(CCC(=O)CNC=NC(=O)O)cc2)cs1.NC(=O)O. The summed E-state index contributed by atoms with van der Waals surface area (Å²) in [4.78, 5) is 49.1. The van der Waals surface area contributed by atoms with Crippen LogP contribution in [0.15, 0.2) is 34.6 Å². The third-order valence-electron chi connectivity index (χ3n) is 3.29. The van der Waals surface area contributed by atoms with Crippen LogP contribution >= 0.6 is 11.3 Å². The molecule has 0 radical (unpaired) electrons. The number of anilines is 1. The molecule has 1 heterocycles. The molecule has 0 aliphatic rings. The maximum Gasteiger partial charge on any atom is 0.432 e. The first-order valence-corrected chi connectivity index (χ1v) is 9.36. The van der Waals surface area contributed by atoms with Crippen molar-refractivity contribution in [3.05, 3.63) is 35.2 Å². The number of Topliss-reactive ketones (excluding diaryl/α,β-unsaturated/α-hetero) is 1. The van der Waals surface area contributed by atoms with E-state index in [4.69, 9.17) is 15.0 Å². The van der Waals surface area contributed by atoms with Crippen molar-refractivity contribution in [2.24, 2.45) is 10.7 Å². The number of benzene rings is 1. The number of rotatable bonds is 8. The number of aliphatic imine (C=N–C) groups is 1. The monoisotopic (exact) mass is 435 g/mol. The van der Waals surface area contributed by atoms with Gasteiger partial charge >= 0.3 is 12.2 Å². The van der Waals surface area contributed by atoms with Crippen LogP contribution in [0.3, 0.4) is 0 Å². The zero-order chi connectivity index (χ0) is 22.5. The van der Waals surface area contributed by atoms with E-state index in [1.807, 2.05) is 29.6 Å². The number of nitrogens with two attached hydrogens (primary N) is 1. The highest BCUT2D eigenvalue weighted by atomic mass is 32.1. The van der Waals surface area contributed by atoms with Crippen LogP contribution in [0.1, 0.15) is 18.9 Å². The van der Waals surface area contributed by atoms with Crippen LogP contribution in [0.4, 0.5) is 14.7 Å². The summed E-state index contributed by atoms with van der Waals surface area (Å²) in [6.07, 6.45) is -0.714. The Kier molecular flexibility index (Phi) is 10.2. The van der Waals surface area contributed by atoms with Crippen LogP contribution in [0, 0.1) is 0 Å². The average Bonchev–Trinajstić information content (AvgIpc) is 3.11. The van der Waals surface area contributed by atoms with E-state index >= 15 is 0 Å². The molecule has 11 nitrogen and oxygen atoms in total. The number of thiazole rings is 1. The second-order valence-electron chi connectivity index (χ2n) is 5.71. The van der Waals surface area contributed by atoms with E-state index in [0.717, 1.165) is 23.2 Å². The molecular formula is C18H21N5O6S. The molecule has 2 aromatic rings. The number of primary amides is 1. The number of carbonyl (C=O) groups excluding carboxylic acids is 2. The topological polar surface area (TPSA) is 184 Å². The molecule has 0 unspecified atom stereocenters. The highest BCUT2D eigenvalue weighted by Gasteiger charge is 2.07. The fourth-order valence-electron chi connectivity index (χ4n) is 2.09. The minimum atomic E-state index is -1.33. The van der Waals surface area contributed by atoms with Gasteiger partial charge in [-0.3, -0.25) is 9.59 Å². The molecule has 0 atom stereocenters. The number of ketones is 1. The summed E-state index contributed by atoms with van der Waals surface area (Å²) >= 11 is 1.36. The Bertz CT molecular complexity index is 906. The number of hydrogen-bond acceptors (Lipinski definition) is 6. The van der Waals surface area contributed by atoms with Crippen LogP contribution in [-0.2, 0) is 16.0 Å². The Morgan fingerprint density at radius 1 is 1.20 bits per heavy atom. The average molecular weight is 435 g/mol. The second kappa shape index (κ2) is 12.6. The zero-order valence-electron chi connectivity index (χ0n) is 16.0. The minimum Gasteiger partial charge on any atom is -0.465 e. The van der Waals surface area contributed by atoms with Crippen molar-refractivity contribution in [1.82, 2.24) is 10.3 Å². The molecule has 30 heavy (non-hydrogen) atoms. The predicted molar refractivity (Wildman–Crippen MR) is 112 cm³/mol. The van der Waals surface area contributed by atoms with Crippen LogP contribution < -0.4 is 16.4 Å². The van der Waals surface area contributed by atoms with Crippen molar-refractivity contribution in [3.63, 3.8) is 0 Å². The Balaban J connectivity index is 0.00000103. The molecule has 6 N–H and O–H groups in total. The van der Waals surface area contributed by atoms with Gasteiger partial charge in [-0.25, -0.2) is 14.6 Å². The van der Waals surface area contributed by atoms with Gasteiger partial charge in [0.15, 0.2) is 10.9 Å². The molecule has 0 saturated carbocycles. The summed E-state index contributed by atoms with van der Waals surface area (Å²) in [6.45, 7) is 1.48. The molecule has 1 aromatic carbocycles. The summed E-state index contributed by atoms with van der Waals surface area (Å²) in [5.74, 6) is -0.194. The number of aromatic nitrogens is 1. The lowest BCUT2D eigenvalue weighted by molar-refractivity contribution is -0.118. The Hall–Kier alpha value is -3.80. The van der Waals surface area contributed by atoms with Gasteiger partial charge in [-0.2, -0.15) is 4.99 Å². The van der Waals surface area contributed by atoms with Gasteiger partial charge in [-0.1, -0.05) is 24.3 Å². The van der Waals surface area contributed by atoms with Crippen molar-refractivity contribution in [3.8, 4) is 11.3 Å². The molecule has 12 heteroatoms. The maximum atomic E-state index is 11.7. The van der Waals surface area contributed by atoms with Gasteiger partial charge in [0.05, 0.1) is 18.6 Å². The fourth-order valence-corrected chi connectivity index (χ4v) is 2.85. The number of amides is 3. The molecule has 160 valence electrons. The number of aryl methyl sites for hydroxylation is 1. The van der Waals surface area contributed by atoms with Crippen molar-refractivity contribution in [2.75, 3.05) is 11.9 Å². The Labute approximate surface area is 175 Å². The number of carboxylic acid groups (broad SMARTS) is 2. The van der Waals surface area contributed by atoms with Gasteiger partial charge in [0.25, 0.3) is 0 Å². The van der Waals surface area contributed by atoms with Crippen molar-refractivity contribution in [2.45, 2.75) is 19.8 Å². The minimum absolute atomic E-state index is 0.0367. The highest BCUT2D eigenvalue weighted by molar-refractivity contribution is 7.14. The van der Waals surface area contributed by atoms with Crippen LogP contribution in [-0.4, -0.2) is 52.0 Å². The normalized spacial score (nSPS) is 10.0. The summed E-state index contributed by atoms with van der Waals surface area (Å²) in [6, 6.07) is 7.70. The van der Waals surface area contributed by atoms with Crippen molar-refractivity contribution >= 4 is 46.7 Å². The second-order valence-corrected chi connectivity index (χ2v) is 6.57. The molecule has 0 aliphatic heterocycles. The number of carbonyl (C=O) groups is 4. The quantitative estimate of drug-likeness (QED) is 0.308. The number of nitrogens with one attached hydrogen (secondary N) is 2. The van der Waals surface area contributed by atoms with Crippen molar-refractivity contribution < 1.29 is 29.4 Å². The first kappa shape index (κ1) is 24.2. The maximum absolute atomic E-state index is 11.7. The standard InChI is InChI=1S/C17H18N4O4S.CH3NO2/c1-11(22)20-16-21-15(9-26-16)13-5-2-12(3-6-13)4-7-14(23)8-18-10-19-17(24)25;2-1(3)4/h2-3,5-6,9-10H,4,7-8H2,1H3,(H,18,19)(H,24,25)(H,20,21,22);2H2,(H,3,4). The van der Waals surface area contributed by atoms with Crippen LogP contribution in [0.2, 0.25) is 0 Å². The summed E-state index contributed by atoms with van der Waals surface area (Å²) in [5.41, 5.74) is 6.75. The van der Waals surface area contributed by atoms with Gasteiger partial charge in [-0.05, 0) is 12.0 Å². The van der Waals surface area contributed by atoms with Gasteiger partial charge in [-0.15, -0.1) is 11.3 Å². The molecule has 3 amide bonds. The Morgan fingerprint density at radius 2 is 1.83 bits per heavy atom. The summed E-state index contributed by atoms with van der Waals surface area (Å²) < 4.78 is 0. The first-order valence-electron chi connectivity index (χ1n) is 8.48. The lowest BCUT2D eigenvalue weighted by atomic mass is 10.0. The van der Waals surface area contributed by atoms with E-state index < -0.39 is 12.2 Å². The first-order chi connectivity index (χ1) is 14.2. The Morgan fingerprint density at radius 3 is 2.40 bits per heavy atom. The predicted octanol–water partition coefficient (Wildman–Crippen LogP) is 2.19. The van der Waals surface area contributed by atoms with E-state index in [0.29, 0.717) is 18.0 Å². The molecule has 0 aliphatic carbocycles. The van der Waals surface area contributed by atoms with Gasteiger partial charge in [0, 0.05) is 24.3 Å². The van der Waals surface area contributed by atoms with Crippen LogP contribution in [0.5, 0.6) is 0 Å². The van der Waals surface area contributed by atoms with Crippen LogP contribution in [0.25, 0.3) is 11.3 Å². The molecule has 2 rings (SSSR count). The molecule has 0 bridgehead atoms. The lowest BCUT2D eigenvalue weighted by Crippen LogP contribution is -2.22. The molecule has 1 aromatic heterocycles. The van der Waals surface area contributed by atoms with E-state index in [2.05, 4.69) is 26.3 Å². The summed E-state index contributed by atoms with van der Waals surface area (Å²) in [7, 11) is 0. The number of hydrogen-bond donors (Lipinski definition) is 5. The van der Waals surface area contributed by atoms with E-state index in [1.54, 1.807) is 0 Å². The van der Waals surface area contributed by atoms with E-state index in [1.165, 1.54) is 18.3 Å². The fraction of sp³-hybridized carbons (Fsp3) is 0.222. The highest BCUT2D eigenvalue weighted by Crippen LogP contribution is 2.25. The van der Waals surface area contributed by atoms with Gasteiger partial charge in [0.2, 0.25) is 5.91 Å². The third kappa shape index (κ3) is 10.5. The van der Waals surface area contributed by atoms with E-state index in [-0.39, 0.29) is 18.2 Å². The molecule has 0 spiro atoms. The zero-order valence-corrected chi connectivity index (χ0v) is 16.8. The summed E-state index contributed by atoms with van der Waals surface area (Å²) in [5, 5.41) is 23.1. The van der Waals surface area contributed by atoms with Crippen molar-refractivity contribution in [1.29, 1.82) is 0 Å². The molecule has 0 fully saturated rings. The smallest absolute Gasteiger partial charge is 0.432 e. The largest absolute Gasteiger partial charge is 0.465 e. The van der Waals surface area contributed by atoms with E-state index in [9.17, 15) is 14.4 Å². The lowest BCUT2D eigenvalue weighted by Gasteiger charge is -2.03. The van der Waals surface area contributed by atoms with Gasteiger partial charge in [0.1, 0.15) is 0 Å². The number of nitrogens with zero attached hydrogens (tertiary/aromatic N) is 2. The molecular weight excluding hydrogens is 414 g/mol.